The van der Waals surface area contributed by atoms with E-state index >= 15 is 0 Å². The zero-order valence-electron chi connectivity index (χ0n) is 14.2. The molecule has 3 nitrogen and oxygen atoms in total. The molecule has 0 saturated carbocycles. The lowest BCUT2D eigenvalue weighted by molar-refractivity contribution is 0.306. The molecule has 1 atom stereocenters. The van der Waals surface area contributed by atoms with Crippen molar-refractivity contribution >= 4 is 40.0 Å². The Balaban J connectivity index is 1.37. The van der Waals surface area contributed by atoms with Gasteiger partial charge in [-0.3, -0.25) is 5.43 Å². The van der Waals surface area contributed by atoms with Crippen LogP contribution in [-0.2, 0) is 6.61 Å². The molecule has 136 valence electrons. The molecular weight excluding hydrogens is 399 g/mol. The molecule has 1 aliphatic rings. The molecule has 0 bridgehead atoms. The summed E-state index contributed by atoms with van der Waals surface area (Å²) in [5, 5.41) is 6.77. The molecule has 4 rings (SSSR count). The first kappa shape index (κ1) is 18.2. The number of rotatable bonds is 5. The highest BCUT2D eigenvalue weighted by atomic mass is 35.5. The maximum absolute atomic E-state index is 6.18. The smallest absolute Gasteiger partial charge is 0.126 e. The average Bonchev–Trinajstić information content (AvgIpc) is 3.19. The second-order valence-electron chi connectivity index (χ2n) is 6.00. The fraction of sp³-hybridized carbons (Fsp3) is 0.0952. The second kappa shape index (κ2) is 8.26. The van der Waals surface area contributed by atoms with Crippen molar-refractivity contribution in [2.45, 2.75) is 12.0 Å². The zero-order valence-corrected chi connectivity index (χ0v) is 16.6. The molecule has 1 aliphatic heterocycles. The van der Waals surface area contributed by atoms with Crippen LogP contribution in [0.15, 0.2) is 77.9 Å². The Morgan fingerprint density at radius 2 is 1.74 bits per heavy atom. The lowest BCUT2D eigenvalue weighted by Gasteiger charge is -2.12. The number of hydrogen-bond acceptors (Lipinski definition) is 4. The molecule has 0 radical (unpaired) electrons. The Kier molecular flexibility index (Phi) is 5.58. The van der Waals surface area contributed by atoms with Crippen LogP contribution in [0.1, 0.15) is 22.1 Å². The third-order valence-electron chi connectivity index (χ3n) is 4.13. The largest absolute Gasteiger partial charge is 0.489 e. The van der Waals surface area contributed by atoms with Crippen LogP contribution in [0.5, 0.6) is 5.75 Å². The van der Waals surface area contributed by atoms with Crippen molar-refractivity contribution in [3.05, 3.63) is 99.5 Å². The lowest BCUT2D eigenvalue weighted by Crippen LogP contribution is -2.06. The number of hydrogen-bond donors (Lipinski definition) is 1. The van der Waals surface area contributed by atoms with Crippen molar-refractivity contribution in [1.29, 1.82) is 0 Å². The topological polar surface area (TPSA) is 33.6 Å². The minimum Gasteiger partial charge on any atom is -0.489 e. The van der Waals surface area contributed by atoms with Gasteiger partial charge in [0.2, 0.25) is 0 Å². The summed E-state index contributed by atoms with van der Waals surface area (Å²) in [6.07, 6.45) is 0. The SMILES string of the molecule is Clc1ccc(COc2ccc([C@@H]3NN=C(c4ccccc4)S3)cc2)c(Cl)c1. The summed E-state index contributed by atoms with van der Waals surface area (Å²) in [4.78, 5) is 0. The van der Waals surface area contributed by atoms with Gasteiger partial charge in [0.25, 0.3) is 0 Å². The molecule has 27 heavy (non-hydrogen) atoms. The van der Waals surface area contributed by atoms with E-state index in [1.54, 1.807) is 17.8 Å². The minimum atomic E-state index is 0.0972. The maximum atomic E-state index is 6.18. The standard InChI is InChI=1S/C21H16Cl2N2OS/c22-17-9-6-16(19(23)12-17)13-26-18-10-7-15(8-11-18)21-25-24-20(27-21)14-4-2-1-3-5-14/h1-12,21,25H,13H2/t21-/m1/s1. The van der Waals surface area contributed by atoms with Gasteiger partial charge >= 0.3 is 0 Å². The molecule has 3 aromatic rings. The van der Waals surface area contributed by atoms with Crippen LogP contribution in [-0.4, -0.2) is 5.04 Å². The summed E-state index contributed by atoms with van der Waals surface area (Å²) in [5.74, 6) is 0.789. The first-order valence-corrected chi connectivity index (χ1v) is 10.0. The highest BCUT2D eigenvalue weighted by Crippen LogP contribution is 2.34. The Labute approximate surface area is 172 Å². The number of ether oxygens (including phenoxy) is 1. The van der Waals surface area contributed by atoms with Gasteiger partial charge in [0.15, 0.2) is 0 Å². The van der Waals surface area contributed by atoms with Crippen LogP contribution >= 0.6 is 35.0 Å². The number of halogens is 2. The quantitative estimate of drug-likeness (QED) is 0.533. The molecule has 0 spiro atoms. The van der Waals surface area contributed by atoms with E-state index in [1.807, 2.05) is 54.6 Å². The van der Waals surface area contributed by atoms with Gasteiger partial charge in [0, 0.05) is 21.2 Å². The molecule has 1 N–H and O–H groups in total. The summed E-state index contributed by atoms with van der Waals surface area (Å²) >= 11 is 13.8. The third kappa shape index (κ3) is 4.41. The monoisotopic (exact) mass is 414 g/mol. The zero-order chi connectivity index (χ0) is 18.6. The summed E-state index contributed by atoms with van der Waals surface area (Å²) in [6, 6.07) is 23.6. The van der Waals surface area contributed by atoms with Crippen molar-refractivity contribution in [3.63, 3.8) is 0 Å². The van der Waals surface area contributed by atoms with Crippen molar-refractivity contribution in [1.82, 2.24) is 5.43 Å². The number of hydrazone groups is 1. The summed E-state index contributed by atoms with van der Waals surface area (Å²) in [7, 11) is 0. The molecule has 0 amide bonds. The van der Waals surface area contributed by atoms with E-state index in [-0.39, 0.29) is 5.37 Å². The van der Waals surface area contributed by atoms with Crippen LogP contribution in [0.2, 0.25) is 10.0 Å². The molecule has 0 fully saturated rings. The van der Waals surface area contributed by atoms with Gasteiger partial charge in [-0.15, -0.1) is 0 Å². The minimum absolute atomic E-state index is 0.0972. The first-order chi connectivity index (χ1) is 13.2. The van der Waals surface area contributed by atoms with E-state index in [1.165, 1.54) is 0 Å². The van der Waals surface area contributed by atoms with Crippen LogP contribution < -0.4 is 10.2 Å². The van der Waals surface area contributed by atoms with Crippen LogP contribution in [0.4, 0.5) is 0 Å². The van der Waals surface area contributed by atoms with Gasteiger partial charge in [-0.05, 0) is 29.8 Å². The van der Waals surface area contributed by atoms with Crippen molar-refractivity contribution in [3.8, 4) is 5.75 Å². The fourth-order valence-electron chi connectivity index (χ4n) is 2.68. The Hall–Kier alpha value is -2.14. The Morgan fingerprint density at radius 3 is 2.48 bits per heavy atom. The van der Waals surface area contributed by atoms with Gasteiger partial charge in [-0.2, -0.15) is 5.10 Å². The summed E-state index contributed by atoms with van der Waals surface area (Å²) < 4.78 is 5.84. The van der Waals surface area contributed by atoms with Gasteiger partial charge in [-0.1, -0.05) is 83.5 Å². The fourth-order valence-corrected chi connectivity index (χ4v) is 4.14. The Morgan fingerprint density at radius 1 is 0.963 bits per heavy atom. The molecule has 3 aromatic carbocycles. The van der Waals surface area contributed by atoms with Crippen molar-refractivity contribution in [2.24, 2.45) is 5.10 Å². The van der Waals surface area contributed by atoms with E-state index in [2.05, 4.69) is 22.7 Å². The molecule has 0 aliphatic carbocycles. The van der Waals surface area contributed by atoms with Crippen molar-refractivity contribution < 1.29 is 4.74 Å². The number of benzene rings is 3. The molecule has 0 saturated heterocycles. The van der Waals surface area contributed by atoms with Gasteiger partial charge in [0.05, 0.1) is 0 Å². The normalized spacial score (nSPS) is 15.9. The van der Waals surface area contributed by atoms with Crippen LogP contribution in [0.25, 0.3) is 0 Å². The van der Waals surface area contributed by atoms with Crippen LogP contribution in [0.3, 0.4) is 0 Å². The number of nitrogens with zero attached hydrogens (tertiary/aromatic N) is 1. The third-order valence-corrected chi connectivity index (χ3v) is 5.88. The molecule has 1 heterocycles. The number of thioether (sulfide) groups is 1. The van der Waals surface area contributed by atoms with E-state index < -0.39 is 0 Å². The van der Waals surface area contributed by atoms with Gasteiger partial charge in [-0.25, -0.2) is 0 Å². The summed E-state index contributed by atoms with van der Waals surface area (Å²) in [6.45, 7) is 0.396. The lowest BCUT2D eigenvalue weighted by atomic mass is 10.2. The van der Waals surface area contributed by atoms with E-state index in [9.17, 15) is 0 Å². The molecule has 6 heteroatoms. The van der Waals surface area contributed by atoms with E-state index in [0.717, 1.165) is 27.5 Å². The maximum Gasteiger partial charge on any atom is 0.126 e. The summed E-state index contributed by atoms with van der Waals surface area (Å²) in [5.41, 5.74) is 6.36. The molecular formula is C21H16Cl2N2OS. The first-order valence-electron chi connectivity index (χ1n) is 8.41. The van der Waals surface area contributed by atoms with Gasteiger partial charge in [0.1, 0.15) is 22.8 Å². The van der Waals surface area contributed by atoms with E-state index in [0.29, 0.717) is 16.7 Å². The van der Waals surface area contributed by atoms with Crippen molar-refractivity contribution in [2.75, 3.05) is 0 Å². The van der Waals surface area contributed by atoms with Crippen LogP contribution in [0, 0.1) is 0 Å². The van der Waals surface area contributed by atoms with E-state index in [4.69, 9.17) is 27.9 Å². The predicted octanol–water partition coefficient (Wildman–Crippen LogP) is 6.27. The average molecular weight is 415 g/mol. The van der Waals surface area contributed by atoms with Gasteiger partial charge < -0.3 is 4.74 Å². The predicted molar refractivity (Wildman–Crippen MR) is 114 cm³/mol. The highest BCUT2D eigenvalue weighted by Gasteiger charge is 2.21. The highest BCUT2D eigenvalue weighted by molar-refractivity contribution is 8.14. The Bertz CT molecular complexity index is 962. The molecule has 0 aromatic heterocycles. The second-order valence-corrected chi connectivity index (χ2v) is 7.94. The number of nitrogens with one attached hydrogen (secondary N) is 1. The molecule has 0 unspecified atom stereocenters.